The number of hydrogen-bond acceptors (Lipinski definition) is 9. The Labute approximate surface area is 260 Å². The highest BCUT2D eigenvalue weighted by molar-refractivity contribution is 7.11. The van der Waals surface area contributed by atoms with Crippen LogP contribution in [0.2, 0.25) is 5.02 Å². The van der Waals surface area contributed by atoms with Gasteiger partial charge < -0.3 is 15.2 Å². The predicted octanol–water partition coefficient (Wildman–Crippen LogP) is 4.88. The molecule has 3 atom stereocenters. The van der Waals surface area contributed by atoms with Crippen LogP contribution in [0, 0.1) is 17.0 Å². The van der Waals surface area contributed by atoms with E-state index < -0.39 is 64.6 Å². The number of carbonyl (C=O) groups is 2. The molecule has 2 aromatic rings. The van der Waals surface area contributed by atoms with E-state index in [-0.39, 0.29) is 48.8 Å². The SMILES string of the molecule is CCOC(=O)C1=C(CN2CC(F)(F)[C@H]3[C@@H]2CCN3CCC(C)(C)C(=O)O)NC(c2nccs2)=NC1c1ccc(F)c(F)c1Cl. The fraction of sp³-hybridized carbons (Fsp3) is 0.517. The number of aromatic nitrogens is 1. The predicted molar refractivity (Wildman–Crippen MR) is 156 cm³/mol. The lowest BCUT2D eigenvalue weighted by atomic mass is 9.89. The third-order valence-corrected chi connectivity index (χ3v) is 9.53. The Hall–Kier alpha value is -3.07. The van der Waals surface area contributed by atoms with Crippen LogP contribution in [0.1, 0.15) is 50.2 Å². The molecule has 15 heteroatoms. The number of fused-ring (bicyclic) bond motifs is 1. The van der Waals surface area contributed by atoms with Crippen LogP contribution in [0.4, 0.5) is 17.6 Å². The number of halogens is 5. The van der Waals surface area contributed by atoms with Crippen molar-refractivity contribution < 1.29 is 37.0 Å². The van der Waals surface area contributed by atoms with E-state index in [1.807, 2.05) is 0 Å². The lowest BCUT2D eigenvalue weighted by Crippen LogP contribution is -2.46. The molecule has 238 valence electrons. The van der Waals surface area contributed by atoms with Crippen LogP contribution in [0.5, 0.6) is 0 Å². The molecule has 9 nitrogen and oxygen atoms in total. The fourth-order valence-electron chi connectivity index (χ4n) is 6.00. The summed E-state index contributed by atoms with van der Waals surface area (Å²) in [4.78, 5) is 37.1. The number of alkyl halides is 2. The largest absolute Gasteiger partial charge is 0.481 e. The molecule has 0 spiro atoms. The van der Waals surface area contributed by atoms with Gasteiger partial charge in [0.2, 0.25) is 0 Å². The number of rotatable bonds is 10. The van der Waals surface area contributed by atoms with Gasteiger partial charge in [-0.25, -0.2) is 27.3 Å². The van der Waals surface area contributed by atoms with E-state index in [1.54, 1.807) is 42.1 Å². The monoisotopic (exact) mass is 657 g/mol. The van der Waals surface area contributed by atoms with Crippen LogP contribution >= 0.6 is 22.9 Å². The number of aliphatic imine (C=N–C) groups is 1. The molecule has 1 aromatic heterocycles. The lowest BCUT2D eigenvalue weighted by molar-refractivity contribution is -0.147. The number of benzene rings is 1. The van der Waals surface area contributed by atoms with Crippen LogP contribution in [0.25, 0.3) is 0 Å². The summed E-state index contributed by atoms with van der Waals surface area (Å²) in [5, 5.41) is 14.1. The molecule has 44 heavy (non-hydrogen) atoms. The molecule has 5 rings (SSSR count). The smallest absolute Gasteiger partial charge is 0.338 e. The van der Waals surface area contributed by atoms with E-state index in [2.05, 4.69) is 15.3 Å². The molecule has 1 unspecified atom stereocenters. The average molecular weight is 658 g/mol. The molecule has 0 saturated carbocycles. The number of nitrogens with zero attached hydrogens (tertiary/aromatic N) is 4. The van der Waals surface area contributed by atoms with E-state index >= 15 is 8.78 Å². The topological polar surface area (TPSA) is 107 Å². The van der Waals surface area contributed by atoms with Crippen molar-refractivity contribution in [3.8, 4) is 0 Å². The van der Waals surface area contributed by atoms with Crippen LogP contribution in [-0.2, 0) is 14.3 Å². The van der Waals surface area contributed by atoms with Crippen LogP contribution in [0.15, 0.2) is 40.0 Å². The Morgan fingerprint density at radius 3 is 2.68 bits per heavy atom. The van der Waals surface area contributed by atoms with Crippen LogP contribution in [-0.4, -0.2) is 88.5 Å². The zero-order valence-corrected chi connectivity index (χ0v) is 25.8. The highest BCUT2D eigenvalue weighted by Crippen LogP contribution is 2.44. The third kappa shape index (κ3) is 6.09. The molecule has 2 saturated heterocycles. The number of aliphatic carboxylic acids is 1. The molecule has 2 N–H and O–H groups in total. The van der Waals surface area contributed by atoms with Gasteiger partial charge in [-0.3, -0.25) is 19.6 Å². The summed E-state index contributed by atoms with van der Waals surface area (Å²) in [5.74, 6) is -7.21. The Balaban J connectivity index is 1.52. The number of amidine groups is 1. The van der Waals surface area contributed by atoms with Crippen molar-refractivity contribution in [2.45, 2.75) is 57.7 Å². The zero-order chi connectivity index (χ0) is 32.0. The number of likely N-dealkylation sites (tertiary alicyclic amines) is 2. The van der Waals surface area contributed by atoms with Gasteiger partial charge in [0.05, 0.1) is 35.2 Å². The number of thiazole rings is 1. The summed E-state index contributed by atoms with van der Waals surface area (Å²) in [7, 11) is 0. The summed E-state index contributed by atoms with van der Waals surface area (Å²) in [6, 6.07) is -0.883. The molecule has 0 amide bonds. The molecule has 0 bridgehead atoms. The molecule has 3 aliphatic heterocycles. The average Bonchev–Trinajstić information content (AvgIpc) is 3.70. The first-order chi connectivity index (χ1) is 20.7. The first-order valence-electron chi connectivity index (χ1n) is 14.1. The first-order valence-corrected chi connectivity index (χ1v) is 15.4. The van der Waals surface area contributed by atoms with Gasteiger partial charge in [0.1, 0.15) is 6.04 Å². The van der Waals surface area contributed by atoms with E-state index in [9.17, 15) is 23.5 Å². The second kappa shape index (κ2) is 12.4. The van der Waals surface area contributed by atoms with Gasteiger partial charge in [0, 0.05) is 42.0 Å². The highest BCUT2D eigenvalue weighted by atomic mass is 35.5. The minimum Gasteiger partial charge on any atom is -0.481 e. The van der Waals surface area contributed by atoms with Gasteiger partial charge in [0.15, 0.2) is 22.5 Å². The van der Waals surface area contributed by atoms with Crippen molar-refractivity contribution >= 4 is 40.7 Å². The fourth-order valence-corrected chi connectivity index (χ4v) is 6.85. The Bertz CT molecular complexity index is 1500. The summed E-state index contributed by atoms with van der Waals surface area (Å²) >= 11 is 7.47. The second-order valence-electron chi connectivity index (χ2n) is 11.7. The molecular formula is C29H32ClF4N5O4S. The molecule has 3 aliphatic rings. The quantitative estimate of drug-likeness (QED) is 0.212. The van der Waals surface area contributed by atoms with E-state index in [4.69, 9.17) is 16.3 Å². The van der Waals surface area contributed by atoms with E-state index in [0.717, 1.165) is 6.07 Å². The Morgan fingerprint density at radius 2 is 2.02 bits per heavy atom. The minimum atomic E-state index is -3.12. The highest BCUT2D eigenvalue weighted by Gasteiger charge is 2.59. The standard InChI is InChI=1S/C29H32ClF4N5O4S/c1-4-43-26(40)19-17(13-39-14-29(33,34)23-18(39)7-10-38(23)11-8-28(2,3)27(41)42)36-24(25-35-9-12-44-25)37-22(19)15-5-6-16(31)21(32)20(15)30/h5-6,9,12,18,22-23H,4,7-8,10-11,13-14H2,1-3H3,(H,36,37)(H,41,42)/t18-,22?,23+/m0/s1. The second-order valence-corrected chi connectivity index (χ2v) is 12.9. The maximum atomic E-state index is 15.6. The Kier molecular flexibility index (Phi) is 9.09. The summed E-state index contributed by atoms with van der Waals surface area (Å²) in [6.45, 7) is 4.52. The Morgan fingerprint density at radius 1 is 1.27 bits per heavy atom. The lowest BCUT2D eigenvalue weighted by Gasteiger charge is -2.31. The number of carboxylic acid groups (broad SMARTS) is 1. The van der Waals surface area contributed by atoms with Crippen LogP contribution < -0.4 is 5.32 Å². The van der Waals surface area contributed by atoms with E-state index in [0.29, 0.717) is 18.0 Å². The van der Waals surface area contributed by atoms with Crippen molar-refractivity contribution in [2.24, 2.45) is 10.4 Å². The van der Waals surface area contributed by atoms with Crippen LogP contribution in [0.3, 0.4) is 0 Å². The molecule has 2 fully saturated rings. The third-order valence-electron chi connectivity index (χ3n) is 8.37. The normalized spacial score (nSPS) is 23.8. The number of hydrogen-bond donors (Lipinski definition) is 2. The van der Waals surface area contributed by atoms with Gasteiger partial charge in [-0.1, -0.05) is 17.7 Å². The summed E-state index contributed by atoms with van der Waals surface area (Å²) in [6.07, 6.45) is 2.14. The van der Waals surface area contributed by atoms with Crippen molar-refractivity contribution in [3.05, 3.63) is 62.2 Å². The van der Waals surface area contributed by atoms with Crippen molar-refractivity contribution in [1.82, 2.24) is 20.1 Å². The molecule has 0 radical (unpaired) electrons. The number of esters is 1. The van der Waals surface area contributed by atoms with Crippen molar-refractivity contribution in [2.75, 3.05) is 32.8 Å². The van der Waals surface area contributed by atoms with Gasteiger partial charge in [0.25, 0.3) is 5.92 Å². The van der Waals surface area contributed by atoms with E-state index in [1.165, 1.54) is 17.4 Å². The van der Waals surface area contributed by atoms with Gasteiger partial charge in [-0.05, 0) is 46.2 Å². The first kappa shape index (κ1) is 32.3. The van der Waals surface area contributed by atoms with Crippen molar-refractivity contribution in [3.63, 3.8) is 0 Å². The molecule has 4 heterocycles. The van der Waals surface area contributed by atoms with Gasteiger partial charge >= 0.3 is 11.9 Å². The molecule has 1 aromatic carbocycles. The summed E-state index contributed by atoms with van der Waals surface area (Å²) in [5.41, 5.74) is -0.931. The van der Waals surface area contributed by atoms with Gasteiger partial charge in [-0.2, -0.15) is 0 Å². The number of nitrogens with one attached hydrogen (secondary N) is 1. The maximum absolute atomic E-state index is 15.6. The number of carbonyl (C=O) groups excluding carboxylic acids is 1. The van der Waals surface area contributed by atoms with Crippen molar-refractivity contribution in [1.29, 1.82) is 0 Å². The number of ether oxygens (including phenoxy) is 1. The number of carboxylic acids is 1. The minimum absolute atomic E-state index is 0.000564. The molecular weight excluding hydrogens is 626 g/mol. The van der Waals surface area contributed by atoms with Gasteiger partial charge in [-0.15, -0.1) is 11.3 Å². The zero-order valence-electron chi connectivity index (χ0n) is 24.3. The molecule has 0 aliphatic carbocycles. The maximum Gasteiger partial charge on any atom is 0.338 e. The summed E-state index contributed by atoms with van der Waals surface area (Å²) < 4.78 is 65.2.